The molecular formula is C26H21N3O6. The molecule has 1 aliphatic heterocycles. The van der Waals surface area contributed by atoms with E-state index in [0.717, 1.165) is 23.8 Å². The van der Waals surface area contributed by atoms with Crippen molar-refractivity contribution in [2.24, 2.45) is 0 Å². The maximum atomic E-state index is 13.0. The highest BCUT2D eigenvalue weighted by Crippen LogP contribution is 2.34. The largest absolute Gasteiger partial charge is 0.472 e. The van der Waals surface area contributed by atoms with Gasteiger partial charge in [-0.25, -0.2) is 4.79 Å². The van der Waals surface area contributed by atoms with Gasteiger partial charge in [0.15, 0.2) is 0 Å². The molecule has 9 heteroatoms. The second-order valence-electron chi connectivity index (χ2n) is 7.64. The summed E-state index contributed by atoms with van der Waals surface area (Å²) in [5.74, 6) is -2.20. The minimum Gasteiger partial charge on any atom is -0.472 e. The average molecular weight is 471 g/mol. The quantitative estimate of drug-likeness (QED) is 0.402. The lowest BCUT2D eigenvalue weighted by molar-refractivity contribution is -0.137. The number of esters is 1. The minimum absolute atomic E-state index is 0.125. The van der Waals surface area contributed by atoms with Gasteiger partial charge in [-0.2, -0.15) is 0 Å². The van der Waals surface area contributed by atoms with Crippen LogP contribution in [0.4, 0.5) is 5.69 Å². The van der Waals surface area contributed by atoms with Crippen molar-refractivity contribution in [3.05, 3.63) is 102 Å². The Kier molecular flexibility index (Phi) is 6.32. The Bertz CT molecular complexity index is 1360. The molecule has 3 aromatic rings. The SMILES string of the molecule is C=C(NC(=O)C(=C)N1Cc2c(cccc2-c2ccc(NC(=O)c3ccoc3)cc2)C1=O)C(=O)OC. The van der Waals surface area contributed by atoms with E-state index in [2.05, 4.69) is 28.5 Å². The Hall–Kier alpha value is -4.92. The van der Waals surface area contributed by atoms with E-state index in [9.17, 15) is 19.2 Å². The summed E-state index contributed by atoms with van der Waals surface area (Å²) in [5, 5.41) is 5.08. The second-order valence-corrected chi connectivity index (χ2v) is 7.64. The molecule has 0 radical (unpaired) electrons. The lowest BCUT2D eigenvalue weighted by Crippen LogP contribution is -2.36. The van der Waals surface area contributed by atoms with Gasteiger partial charge in [0.2, 0.25) is 0 Å². The Labute approximate surface area is 200 Å². The van der Waals surface area contributed by atoms with Gasteiger partial charge < -0.3 is 19.8 Å². The summed E-state index contributed by atoms with van der Waals surface area (Å²) >= 11 is 0. The van der Waals surface area contributed by atoms with Gasteiger partial charge in [0, 0.05) is 11.3 Å². The number of nitrogens with zero attached hydrogens (tertiary/aromatic N) is 1. The fourth-order valence-corrected chi connectivity index (χ4v) is 3.66. The number of carbonyl (C=O) groups is 4. The van der Waals surface area contributed by atoms with Crippen molar-refractivity contribution in [1.29, 1.82) is 0 Å². The molecule has 176 valence electrons. The van der Waals surface area contributed by atoms with Gasteiger partial charge in [-0.1, -0.05) is 37.4 Å². The van der Waals surface area contributed by atoms with E-state index in [4.69, 9.17) is 4.42 Å². The summed E-state index contributed by atoms with van der Waals surface area (Å²) in [6.45, 7) is 7.29. The maximum Gasteiger partial charge on any atom is 0.353 e. The van der Waals surface area contributed by atoms with Gasteiger partial charge in [0.1, 0.15) is 17.7 Å². The van der Waals surface area contributed by atoms with Crippen LogP contribution in [0.5, 0.6) is 0 Å². The van der Waals surface area contributed by atoms with Gasteiger partial charge in [-0.15, -0.1) is 0 Å². The molecule has 1 aliphatic rings. The normalized spacial score (nSPS) is 12.0. The number of fused-ring (bicyclic) bond motifs is 1. The predicted molar refractivity (Wildman–Crippen MR) is 127 cm³/mol. The van der Waals surface area contributed by atoms with Crippen LogP contribution in [-0.4, -0.2) is 35.7 Å². The third-order valence-electron chi connectivity index (χ3n) is 5.49. The van der Waals surface area contributed by atoms with E-state index in [1.165, 1.54) is 17.4 Å². The molecular weight excluding hydrogens is 450 g/mol. The summed E-state index contributed by atoms with van der Waals surface area (Å²) in [6, 6.07) is 14.0. The average Bonchev–Trinajstić information content (AvgIpc) is 3.52. The number of benzene rings is 2. The molecule has 2 heterocycles. The molecule has 2 N–H and O–H groups in total. The highest BCUT2D eigenvalue weighted by molar-refractivity contribution is 6.08. The Balaban J connectivity index is 1.51. The highest BCUT2D eigenvalue weighted by Gasteiger charge is 2.33. The van der Waals surface area contributed by atoms with E-state index in [1.807, 2.05) is 18.2 Å². The first kappa shape index (κ1) is 23.2. The lowest BCUT2D eigenvalue weighted by Gasteiger charge is -2.18. The summed E-state index contributed by atoms with van der Waals surface area (Å²) in [6.07, 6.45) is 2.78. The van der Waals surface area contributed by atoms with Crippen molar-refractivity contribution in [2.45, 2.75) is 6.54 Å². The van der Waals surface area contributed by atoms with Crippen LogP contribution >= 0.6 is 0 Å². The molecule has 1 aromatic heterocycles. The standard InChI is InChI=1S/C26H21N3O6/c1-15(26(33)34-3)27-23(30)16(2)29-13-22-20(5-4-6-21(22)25(29)32)17-7-9-19(10-8-17)28-24(31)18-11-12-35-14-18/h4-12,14H,1-2,13H2,3H3,(H,27,30)(H,28,31). The van der Waals surface area contributed by atoms with E-state index in [-0.39, 0.29) is 29.8 Å². The zero-order chi connectivity index (χ0) is 25.1. The van der Waals surface area contributed by atoms with E-state index >= 15 is 0 Å². The minimum atomic E-state index is -0.797. The zero-order valence-corrected chi connectivity index (χ0v) is 18.8. The first-order valence-corrected chi connectivity index (χ1v) is 10.5. The molecule has 4 rings (SSSR count). The molecule has 9 nitrogen and oxygen atoms in total. The summed E-state index contributed by atoms with van der Waals surface area (Å²) in [7, 11) is 1.16. The van der Waals surface area contributed by atoms with Crippen LogP contribution in [0, 0.1) is 0 Å². The smallest absolute Gasteiger partial charge is 0.353 e. The van der Waals surface area contributed by atoms with Gasteiger partial charge in [0.05, 0.1) is 25.5 Å². The van der Waals surface area contributed by atoms with Gasteiger partial charge >= 0.3 is 5.97 Å². The first-order valence-electron chi connectivity index (χ1n) is 10.5. The number of furan rings is 1. The fourth-order valence-electron chi connectivity index (χ4n) is 3.66. The van der Waals surface area contributed by atoms with Crippen LogP contribution in [0.15, 0.2) is 90.0 Å². The Morgan fingerprint density at radius 1 is 1.03 bits per heavy atom. The lowest BCUT2D eigenvalue weighted by atomic mass is 9.97. The molecule has 0 saturated carbocycles. The van der Waals surface area contributed by atoms with Crippen molar-refractivity contribution in [3.8, 4) is 11.1 Å². The van der Waals surface area contributed by atoms with Crippen molar-refractivity contribution < 1.29 is 28.3 Å². The van der Waals surface area contributed by atoms with Gasteiger partial charge in [-0.3, -0.25) is 19.3 Å². The molecule has 35 heavy (non-hydrogen) atoms. The van der Waals surface area contributed by atoms with Crippen LogP contribution in [0.25, 0.3) is 11.1 Å². The predicted octanol–water partition coefficient (Wildman–Crippen LogP) is 3.47. The highest BCUT2D eigenvalue weighted by atomic mass is 16.5. The fraction of sp³-hybridized carbons (Fsp3) is 0.0769. The molecule has 0 fully saturated rings. The van der Waals surface area contributed by atoms with Crippen molar-refractivity contribution in [1.82, 2.24) is 10.2 Å². The molecule has 0 saturated heterocycles. The Morgan fingerprint density at radius 3 is 2.40 bits per heavy atom. The van der Waals surface area contributed by atoms with Crippen molar-refractivity contribution in [3.63, 3.8) is 0 Å². The zero-order valence-electron chi connectivity index (χ0n) is 18.8. The summed E-state index contributed by atoms with van der Waals surface area (Å²) in [5.41, 5.74) is 3.43. The van der Waals surface area contributed by atoms with Gasteiger partial charge in [0.25, 0.3) is 17.7 Å². The van der Waals surface area contributed by atoms with E-state index in [0.29, 0.717) is 16.8 Å². The number of anilines is 1. The van der Waals surface area contributed by atoms with Crippen LogP contribution in [0.3, 0.4) is 0 Å². The second kappa shape index (κ2) is 9.52. The molecule has 0 spiro atoms. The number of hydrogen-bond donors (Lipinski definition) is 2. The Morgan fingerprint density at radius 2 is 1.74 bits per heavy atom. The summed E-state index contributed by atoms with van der Waals surface area (Å²) in [4.78, 5) is 50.5. The van der Waals surface area contributed by atoms with E-state index < -0.39 is 11.9 Å². The number of carbonyl (C=O) groups excluding carboxylic acids is 4. The molecule has 0 unspecified atom stereocenters. The molecule has 3 amide bonds. The van der Waals surface area contributed by atoms with Crippen LogP contribution in [0.2, 0.25) is 0 Å². The van der Waals surface area contributed by atoms with E-state index in [1.54, 1.807) is 30.3 Å². The molecule has 2 aromatic carbocycles. The number of ether oxygens (including phenoxy) is 1. The van der Waals surface area contributed by atoms with Crippen LogP contribution < -0.4 is 10.6 Å². The number of hydrogen-bond acceptors (Lipinski definition) is 6. The summed E-state index contributed by atoms with van der Waals surface area (Å²) < 4.78 is 9.44. The first-order chi connectivity index (χ1) is 16.8. The third kappa shape index (κ3) is 4.60. The van der Waals surface area contributed by atoms with Crippen LogP contribution in [-0.2, 0) is 20.9 Å². The van der Waals surface area contributed by atoms with Crippen molar-refractivity contribution in [2.75, 3.05) is 12.4 Å². The molecule has 0 bridgehead atoms. The monoisotopic (exact) mass is 471 g/mol. The molecule has 0 atom stereocenters. The van der Waals surface area contributed by atoms with Gasteiger partial charge in [-0.05, 0) is 41.0 Å². The number of nitrogens with one attached hydrogen (secondary N) is 2. The third-order valence-corrected chi connectivity index (χ3v) is 5.49. The number of amides is 3. The molecule has 0 aliphatic carbocycles. The van der Waals surface area contributed by atoms with Crippen molar-refractivity contribution >= 4 is 29.4 Å². The van der Waals surface area contributed by atoms with Crippen LogP contribution in [0.1, 0.15) is 26.3 Å². The number of rotatable bonds is 7. The maximum absolute atomic E-state index is 13.0. The number of methoxy groups -OCH3 is 1. The topological polar surface area (TPSA) is 118 Å².